The fraction of sp³-hybridized carbons (Fsp3) is 0.462. The van der Waals surface area contributed by atoms with E-state index >= 15 is 0 Å². The van der Waals surface area contributed by atoms with Crippen molar-refractivity contribution in [1.29, 1.82) is 0 Å². The molecule has 1 aromatic carbocycles. The Morgan fingerprint density at radius 2 is 2.00 bits per heavy atom. The number of anilines is 1. The highest BCUT2D eigenvalue weighted by molar-refractivity contribution is 7.17. The summed E-state index contributed by atoms with van der Waals surface area (Å²) in [5, 5.41) is 6.09. The topological polar surface area (TPSA) is 105 Å². The van der Waals surface area contributed by atoms with E-state index in [2.05, 4.69) is 17.6 Å². The van der Waals surface area contributed by atoms with E-state index in [1.54, 1.807) is 6.92 Å². The number of amides is 4. The van der Waals surface area contributed by atoms with Gasteiger partial charge in [-0.3, -0.25) is 14.5 Å². The van der Waals surface area contributed by atoms with Crippen LogP contribution in [0.4, 0.5) is 9.80 Å². The minimum Gasteiger partial charge on any atom is -0.462 e. The molecule has 1 saturated heterocycles. The number of carbonyl (C=O) groups excluding carboxylic acids is 4. The number of hydrogen-bond donors (Lipinski definition) is 2. The Labute approximate surface area is 208 Å². The summed E-state index contributed by atoms with van der Waals surface area (Å²) in [6.07, 6.45) is 4.17. The summed E-state index contributed by atoms with van der Waals surface area (Å²) in [5.41, 5.74) is 2.55. The van der Waals surface area contributed by atoms with E-state index in [-0.39, 0.29) is 12.5 Å². The van der Waals surface area contributed by atoms with E-state index in [0.29, 0.717) is 35.7 Å². The lowest BCUT2D eigenvalue weighted by Crippen LogP contribution is -2.51. The number of nitrogens with zero attached hydrogens (tertiary/aromatic N) is 1. The Bertz CT molecular complexity index is 1220. The second kappa shape index (κ2) is 9.11. The molecule has 3 aliphatic rings. The van der Waals surface area contributed by atoms with Crippen molar-refractivity contribution in [2.24, 2.45) is 5.92 Å². The zero-order chi connectivity index (χ0) is 24.7. The number of carbonyl (C=O) groups is 4. The molecular weight excluding hydrogens is 466 g/mol. The molecule has 4 amide bonds. The standard InChI is InChI=1S/C26H29N3O5S/c1-3-34-23(31)21-18-9-8-15(2)12-19(18)35-22(21)27-20(30)14-29-24(32)26(28-25(29)33)11-10-16-6-4-5-7-17(16)13-26/h4-7,15H,3,8-14H2,1-2H3,(H,27,30)(H,28,33). The van der Waals surface area contributed by atoms with Crippen molar-refractivity contribution in [3.05, 3.63) is 51.4 Å². The van der Waals surface area contributed by atoms with Crippen LogP contribution in [0, 0.1) is 5.92 Å². The molecule has 1 fully saturated rings. The van der Waals surface area contributed by atoms with Gasteiger partial charge in [0.05, 0.1) is 12.2 Å². The predicted molar refractivity (Wildman–Crippen MR) is 132 cm³/mol. The number of aryl methyl sites for hydroxylation is 1. The molecule has 2 atom stereocenters. The molecule has 8 nitrogen and oxygen atoms in total. The SMILES string of the molecule is CCOC(=O)c1c(NC(=O)CN2C(=O)NC3(CCc4ccccc4C3)C2=O)sc2c1CCC(C)C2. The average Bonchev–Trinajstić information content (AvgIpc) is 3.28. The molecule has 184 valence electrons. The molecule has 1 aliphatic heterocycles. The summed E-state index contributed by atoms with van der Waals surface area (Å²) in [4.78, 5) is 53.9. The van der Waals surface area contributed by atoms with E-state index in [0.717, 1.165) is 40.2 Å². The third-order valence-electron chi connectivity index (χ3n) is 7.22. The first-order valence-corrected chi connectivity index (χ1v) is 13.0. The van der Waals surface area contributed by atoms with Gasteiger partial charge in [-0.2, -0.15) is 0 Å². The van der Waals surface area contributed by atoms with Gasteiger partial charge in [0.15, 0.2) is 0 Å². The van der Waals surface area contributed by atoms with E-state index in [4.69, 9.17) is 4.74 Å². The maximum atomic E-state index is 13.3. The number of benzene rings is 1. The van der Waals surface area contributed by atoms with Gasteiger partial charge in [0.2, 0.25) is 5.91 Å². The lowest BCUT2D eigenvalue weighted by molar-refractivity contribution is -0.134. The molecule has 1 spiro atoms. The van der Waals surface area contributed by atoms with Crippen LogP contribution in [-0.2, 0) is 40.0 Å². The van der Waals surface area contributed by atoms with Gasteiger partial charge in [0.1, 0.15) is 17.1 Å². The van der Waals surface area contributed by atoms with Gasteiger partial charge in [-0.1, -0.05) is 31.2 Å². The number of ether oxygens (including phenoxy) is 1. The lowest BCUT2D eigenvalue weighted by atomic mass is 9.78. The van der Waals surface area contributed by atoms with E-state index in [1.165, 1.54) is 16.9 Å². The normalized spacial score (nSPS) is 23.0. The van der Waals surface area contributed by atoms with Crippen LogP contribution in [0.5, 0.6) is 0 Å². The Morgan fingerprint density at radius 3 is 2.77 bits per heavy atom. The predicted octanol–water partition coefficient (Wildman–Crippen LogP) is 3.47. The van der Waals surface area contributed by atoms with Crippen LogP contribution in [0.15, 0.2) is 24.3 Å². The molecule has 9 heteroatoms. The van der Waals surface area contributed by atoms with Crippen molar-refractivity contribution in [3.63, 3.8) is 0 Å². The van der Waals surface area contributed by atoms with Gasteiger partial charge in [-0.05, 0) is 61.6 Å². The van der Waals surface area contributed by atoms with Crippen molar-refractivity contribution in [3.8, 4) is 0 Å². The lowest BCUT2D eigenvalue weighted by Gasteiger charge is -2.32. The van der Waals surface area contributed by atoms with E-state index in [9.17, 15) is 19.2 Å². The van der Waals surface area contributed by atoms with E-state index in [1.807, 2.05) is 24.3 Å². The Kier molecular flexibility index (Phi) is 6.13. The molecule has 2 heterocycles. The Hall–Kier alpha value is -3.20. The van der Waals surface area contributed by atoms with Crippen LogP contribution in [-0.4, -0.2) is 47.4 Å². The van der Waals surface area contributed by atoms with Crippen molar-refractivity contribution < 1.29 is 23.9 Å². The average molecular weight is 496 g/mol. The molecule has 2 aromatic rings. The Balaban J connectivity index is 1.33. The van der Waals surface area contributed by atoms with Crippen LogP contribution in [0.25, 0.3) is 0 Å². The summed E-state index contributed by atoms with van der Waals surface area (Å²) < 4.78 is 5.26. The number of nitrogens with one attached hydrogen (secondary N) is 2. The minimum atomic E-state index is -1.01. The number of fused-ring (bicyclic) bond motifs is 2. The van der Waals surface area contributed by atoms with Gasteiger partial charge < -0.3 is 15.4 Å². The summed E-state index contributed by atoms with van der Waals surface area (Å²) in [5.74, 6) is -0.844. The van der Waals surface area contributed by atoms with Crippen LogP contribution >= 0.6 is 11.3 Å². The summed E-state index contributed by atoms with van der Waals surface area (Å²) in [7, 11) is 0. The third kappa shape index (κ3) is 4.22. The molecule has 1 aromatic heterocycles. The number of esters is 1. The van der Waals surface area contributed by atoms with Gasteiger partial charge in [0.25, 0.3) is 5.91 Å². The summed E-state index contributed by atoms with van der Waals surface area (Å²) in [6, 6.07) is 7.34. The first-order chi connectivity index (χ1) is 16.8. The molecule has 0 bridgehead atoms. The molecular formula is C26H29N3O5S. The molecule has 2 N–H and O–H groups in total. The highest BCUT2D eigenvalue weighted by Gasteiger charge is 2.52. The number of hydrogen-bond acceptors (Lipinski definition) is 6. The van der Waals surface area contributed by atoms with Gasteiger partial charge in [-0.15, -0.1) is 11.3 Å². The third-order valence-corrected chi connectivity index (χ3v) is 8.39. The minimum absolute atomic E-state index is 0.237. The number of imide groups is 1. The number of rotatable bonds is 5. The van der Waals surface area contributed by atoms with Gasteiger partial charge in [0, 0.05) is 11.3 Å². The Morgan fingerprint density at radius 1 is 1.23 bits per heavy atom. The largest absolute Gasteiger partial charge is 0.462 e. The highest BCUT2D eigenvalue weighted by Crippen LogP contribution is 2.40. The fourth-order valence-electron chi connectivity index (χ4n) is 5.41. The van der Waals surface area contributed by atoms with Crippen LogP contribution in [0.1, 0.15) is 58.6 Å². The van der Waals surface area contributed by atoms with Crippen LogP contribution in [0.3, 0.4) is 0 Å². The van der Waals surface area contributed by atoms with Crippen molar-refractivity contribution in [2.75, 3.05) is 18.5 Å². The van der Waals surface area contributed by atoms with Crippen LogP contribution in [0.2, 0.25) is 0 Å². The van der Waals surface area contributed by atoms with Crippen molar-refractivity contribution in [1.82, 2.24) is 10.2 Å². The summed E-state index contributed by atoms with van der Waals surface area (Å²) >= 11 is 1.38. The van der Waals surface area contributed by atoms with Gasteiger partial charge >= 0.3 is 12.0 Å². The van der Waals surface area contributed by atoms with Crippen molar-refractivity contribution in [2.45, 2.75) is 57.9 Å². The highest BCUT2D eigenvalue weighted by atomic mass is 32.1. The van der Waals surface area contributed by atoms with Crippen LogP contribution < -0.4 is 10.6 Å². The van der Waals surface area contributed by atoms with Gasteiger partial charge in [-0.25, -0.2) is 9.59 Å². The zero-order valence-corrected chi connectivity index (χ0v) is 20.8. The number of thiophene rings is 1. The molecule has 0 saturated carbocycles. The van der Waals surface area contributed by atoms with E-state index < -0.39 is 30.0 Å². The monoisotopic (exact) mass is 495 g/mol. The first-order valence-electron chi connectivity index (χ1n) is 12.1. The van der Waals surface area contributed by atoms with Crippen molar-refractivity contribution >= 4 is 40.2 Å². The second-order valence-electron chi connectivity index (χ2n) is 9.67. The maximum Gasteiger partial charge on any atom is 0.341 e. The number of urea groups is 1. The maximum absolute atomic E-state index is 13.3. The summed E-state index contributed by atoms with van der Waals surface area (Å²) in [6.45, 7) is 3.74. The molecule has 0 radical (unpaired) electrons. The smallest absolute Gasteiger partial charge is 0.341 e. The molecule has 2 aliphatic carbocycles. The first kappa shape index (κ1) is 23.5. The molecule has 35 heavy (non-hydrogen) atoms. The molecule has 5 rings (SSSR count). The molecule has 2 unspecified atom stereocenters. The second-order valence-corrected chi connectivity index (χ2v) is 10.8. The zero-order valence-electron chi connectivity index (χ0n) is 19.9. The fourth-order valence-corrected chi connectivity index (χ4v) is 6.83. The quantitative estimate of drug-likeness (QED) is 0.488.